The molecular weight excluding hydrogens is 326 g/mol. The number of aryl methyl sites for hydroxylation is 1. The molecule has 26 heavy (non-hydrogen) atoms. The number of hydrogen-bond donors (Lipinski definition) is 3. The summed E-state index contributed by atoms with van der Waals surface area (Å²) in [5.41, 5.74) is 2.57. The van der Waals surface area contributed by atoms with Gasteiger partial charge in [0.25, 0.3) is 5.91 Å². The van der Waals surface area contributed by atoms with Crippen molar-refractivity contribution in [2.75, 3.05) is 12.4 Å². The van der Waals surface area contributed by atoms with Crippen molar-refractivity contribution < 1.29 is 9.59 Å². The highest BCUT2D eigenvalue weighted by Crippen LogP contribution is 2.12. The first kappa shape index (κ1) is 19.5. The van der Waals surface area contributed by atoms with Crippen LogP contribution < -0.4 is 16.0 Å². The third-order valence-electron chi connectivity index (χ3n) is 4.23. The van der Waals surface area contributed by atoms with Gasteiger partial charge in [-0.25, -0.2) is 0 Å². The first-order chi connectivity index (χ1) is 12.5. The summed E-state index contributed by atoms with van der Waals surface area (Å²) in [5, 5.41) is 8.78. The Kier molecular flexibility index (Phi) is 7.21. The first-order valence-corrected chi connectivity index (χ1v) is 8.92. The van der Waals surface area contributed by atoms with Crippen LogP contribution in [0.3, 0.4) is 0 Å². The predicted molar refractivity (Wildman–Crippen MR) is 105 cm³/mol. The third-order valence-corrected chi connectivity index (χ3v) is 4.23. The molecule has 2 aromatic rings. The van der Waals surface area contributed by atoms with Gasteiger partial charge in [-0.15, -0.1) is 0 Å². The Bertz CT molecular complexity index is 731. The second-order valence-corrected chi connectivity index (χ2v) is 6.46. The zero-order valence-electron chi connectivity index (χ0n) is 15.6. The molecule has 0 aliphatic rings. The first-order valence-electron chi connectivity index (χ1n) is 8.92. The van der Waals surface area contributed by atoms with Crippen LogP contribution in [-0.4, -0.2) is 30.9 Å². The van der Waals surface area contributed by atoms with Crippen molar-refractivity contribution in [3.63, 3.8) is 0 Å². The third kappa shape index (κ3) is 5.92. The lowest BCUT2D eigenvalue weighted by Gasteiger charge is -2.19. The maximum Gasteiger partial charge on any atom is 0.251 e. The number of anilines is 1. The topological polar surface area (TPSA) is 70.2 Å². The summed E-state index contributed by atoms with van der Waals surface area (Å²) >= 11 is 0. The maximum atomic E-state index is 12.4. The van der Waals surface area contributed by atoms with Crippen LogP contribution >= 0.6 is 0 Å². The molecule has 2 unspecified atom stereocenters. The Hall–Kier alpha value is -2.82. The van der Waals surface area contributed by atoms with E-state index >= 15 is 0 Å². The molecule has 5 nitrogen and oxygen atoms in total. The molecule has 0 spiro atoms. The van der Waals surface area contributed by atoms with E-state index in [9.17, 15) is 9.59 Å². The highest BCUT2D eigenvalue weighted by Gasteiger charge is 2.15. The van der Waals surface area contributed by atoms with E-state index in [4.69, 9.17) is 0 Å². The van der Waals surface area contributed by atoms with Gasteiger partial charge in [-0.1, -0.05) is 36.4 Å². The van der Waals surface area contributed by atoms with Crippen molar-refractivity contribution in [1.29, 1.82) is 0 Å². The Morgan fingerprint density at radius 2 is 1.73 bits per heavy atom. The van der Waals surface area contributed by atoms with Gasteiger partial charge in [-0.3, -0.25) is 9.59 Å². The van der Waals surface area contributed by atoms with Crippen LogP contribution in [0.4, 0.5) is 5.69 Å². The number of amides is 2. The molecule has 0 bridgehead atoms. The van der Waals surface area contributed by atoms with Crippen molar-refractivity contribution in [3.05, 3.63) is 65.7 Å². The highest BCUT2D eigenvalue weighted by molar-refractivity contribution is 5.95. The fourth-order valence-electron chi connectivity index (χ4n) is 2.68. The zero-order chi connectivity index (χ0) is 18.9. The van der Waals surface area contributed by atoms with Crippen LogP contribution in [0, 0.1) is 0 Å². The van der Waals surface area contributed by atoms with Gasteiger partial charge in [0.1, 0.15) is 6.04 Å². The standard InChI is InChI=1S/C21H27N3O2/c1-15(12-13-17-8-5-4-6-9-17)23-20(25)16(2)24-19-11-7-10-18(14-19)21(26)22-3/h4-11,14-16,24H,12-13H2,1-3H3,(H,22,26)(H,23,25). The molecule has 2 rings (SSSR count). The minimum absolute atomic E-state index is 0.0593. The molecule has 0 saturated carbocycles. The quantitative estimate of drug-likeness (QED) is 0.683. The van der Waals surface area contributed by atoms with Crippen LogP contribution in [-0.2, 0) is 11.2 Å². The number of benzene rings is 2. The van der Waals surface area contributed by atoms with E-state index in [1.165, 1.54) is 5.56 Å². The molecule has 2 aromatic carbocycles. The lowest BCUT2D eigenvalue weighted by atomic mass is 10.1. The van der Waals surface area contributed by atoms with E-state index in [1.807, 2.05) is 38.1 Å². The van der Waals surface area contributed by atoms with Gasteiger partial charge in [0, 0.05) is 24.3 Å². The summed E-state index contributed by atoms with van der Waals surface area (Å²) in [7, 11) is 1.59. The Morgan fingerprint density at radius 1 is 1.00 bits per heavy atom. The van der Waals surface area contributed by atoms with Crippen molar-refractivity contribution in [1.82, 2.24) is 10.6 Å². The monoisotopic (exact) mass is 353 g/mol. The molecule has 0 saturated heterocycles. The van der Waals surface area contributed by atoms with Crippen LogP contribution in [0.15, 0.2) is 54.6 Å². The average molecular weight is 353 g/mol. The summed E-state index contributed by atoms with van der Waals surface area (Å²) in [6.45, 7) is 3.82. The van der Waals surface area contributed by atoms with Crippen LogP contribution in [0.5, 0.6) is 0 Å². The van der Waals surface area contributed by atoms with E-state index in [-0.39, 0.29) is 17.9 Å². The molecule has 0 fully saturated rings. The number of nitrogens with one attached hydrogen (secondary N) is 3. The number of carbonyl (C=O) groups excluding carboxylic acids is 2. The van der Waals surface area contributed by atoms with E-state index in [2.05, 4.69) is 28.1 Å². The van der Waals surface area contributed by atoms with Crippen molar-refractivity contribution in [2.45, 2.75) is 38.8 Å². The fourth-order valence-corrected chi connectivity index (χ4v) is 2.68. The number of carbonyl (C=O) groups is 2. The van der Waals surface area contributed by atoms with E-state index in [0.29, 0.717) is 5.56 Å². The smallest absolute Gasteiger partial charge is 0.251 e. The van der Waals surface area contributed by atoms with Gasteiger partial charge in [-0.05, 0) is 50.5 Å². The van der Waals surface area contributed by atoms with E-state index in [0.717, 1.165) is 18.5 Å². The normalized spacial score (nSPS) is 12.7. The van der Waals surface area contributed by atoms with E-state index < -0.39 is 6.04 Å². The van der Waals surface area contributed by atoms with E-state index in [1.54, 1.807) is 25.2 Å². The number of hydrogen-bond acceptors (Lipinski definition) is 3. The fraction of sp³-hybridized carbons (Fsp3) is 0.333. The van der Waals surface area contributed by atoms with Crippen LogP contribution in [0.25, 0.3) is 0 Å². The van der Waals surface area contributed by atoms with Gasteiger partial charge in [-0.2, -0.15) is 0 Å². The Balaban J connectivity index is 1.84. The Labute approximate surface area is 155 Å². The molecule has 0 aliphatic carbocycles. The van der Waals surface area contributed by atoms with Crippen molar-refractivity contribution in [2.24, 2.45) is 0 Å². The molecule has 2 amide bonds. The summed E-state index contributed by atoms with van der Waals surface area (Å²) in [6.07, 6.45) is 1.81. The molecule has 0 aromatic heterocycles. The minimum atomic E-state index is -0.394. The molecule has 0 heterocycles. The Morgan fingerprint density at radius 3 is 2.42 bits per heavy atom. The highest BCUT2D eigenvalue weighted by atomic mass is 16.2. The number of rotatable bonds is 8. The van der Waals surface area contributed by atoms with Gasteiger partial charge < -0.3 is 16.0 Å². The predicted octanol–water partition coefficient (Wildman–Crippen LogP) is 2.98. The van der Waals surface area contributed by atoms with Gasteiger partial charge >= 0.3 is 0 Å². The molecule has 3 N–H and O–H groups in total. The second-order valence-electron chi connectivity index (χ2n) is 6.46. The van der Waals surface area contributed by atoms with Gasteiger partial charge in [0.05, 0.1) is 0 Å². The molecular formula is C21H27N3O2. The van der Waals surface area contributed by atoms with Crippen molar-refractivity contribution >= 4 is 17.5 Å². The van der Waals surface area contributed by atoms with Crippen LogP contribution in [0.1, 0.15) is 36.2 Å². The largest absolute Gasteiger partial charge is 0.374 e. The average Bonchev–Trinajstić information content (AvgIpc) is 2.66. The summed E-state index contributed by atoms with van der Waals surface area (Å²) in [6, 6.07) is 17.0. The van der Waals surface area contributed by atoms with Crippen LogP contribution in [0.2, 0.25) is 0 Å². The summed E-state index contributed by atoms with van der Waals surface area (Å²) in [5.74, 6) is -0.212. The second kappa shape index (κ2) is 9.61. The lowest BCUT2D eigenvalue weighted by Crippen LogP contribution is -2.42. The SMILES string of the molecule is CNC(=O)c1cccc(NC(C)C(=O)NC(C)CCc2ccccc2)c1. The van der Waals surface area contributed by atoms with Crippen molar-refractivity contribution in [3.8, 4) is 0 Å². The summed E-state index contributed by atoms with van der Waals surface area (Å²) < 4.78 is 0. The van der Waals surface area contributed by atoms with Gasteiger partial charge in [0.2, 0.25) is 5.91 Å². The molecule has 2 atom stereocenters. The maximum absolute atomic E-state index is 12.4. The molecule has 0 aliphatic heterocycles. The zero-order valence-corrected chi connectivity index (χ0v) is 15.6. The lowest BCUT2D eigenvalue weighted by molar-refractivity contribution is -0.122. The minimum Gasteiger partial charge on any atom is -0.374 e. The summed E-state index contributed by atoms with van der Waals surface area (Å²) in [4.78, 5) is 24.1. The molecule has 5 heteroatoms. The van der Waals surface area contributed by atoms with Gasteiger partial charge in [0.15, 0.2) is 0 Å². The molecule has 0 radical (unpaired) electrons. The molecule has 138 valence electrons.